The number of likely N-dealkylation sites (N-methyl/N-ethyl adjacent to an activating group) is 1. The van der Waals surface area contributed by atoms with E-state index in [0.29, 0.717) is 5.75 Å². The van der Waals surface area contributed by atoms with Crippen LogP contribution in [0.4, 0.5) is 0 Å². The largest absolute Gasteiger partial charge is 0.481 e. The van der Waals surface area contributed by atoms with Gasteiger partial charge in [0.05, 0.1) is 0 Å². The van der Waals surface area contributed by atoms with Crippen molar-refractivity contribution in [1.29, 1.82) is 0 Å². The summed E-state index contributed by atoms with van der Waals surface area (Å²) in [6.45, 7) is 5.53. The predicted octanol–water partition coefficient (Wildman–Crippen LogP) is 2.47. The van der Waals surface area contributed by atoms with Gasteiger partial charge in [0.15, 0.2) is 6.10 Å². The summed E-state index contributed by atoms with van der Waals surface area (Å²) < 4.78 is 5.51. The molecule has 1 aromatic rings. The summed E-state index contributed by atoms with van der Waals surface area (Å²) in [6.07, 6.45) is -0.509. The van der Waals surface area contributed by atoms with Gasteiger partial charge in [-0.25, -0.2) is 0 Å². The fourth-order valence-electron chi connectivity index (χ4n) is 1.44. The lowest BCUT2D eigenvalue weighted by Crippen LogP contribution is -2.33. The van der Waals surface area contributed by atoms with Crippen molar-refractivity contribution in [3.8, 4) is 5.75 Å². The van der Waals surface area contributed by atoms with Gasteiger partial charge in [-0.15, -0.1) is 0 Å². The highest BCUT2D eigenvalue weighted by Crippen LogP contribution is 2.26. The number of carbonyl (C=O) groups excluding carboxylic acids is 1. The smallest absolute Gasteiger partial charge is 0.260 e. The molecule has 0 aromatic heterocycles. The van der Waals surface area contributed by atoms with E-state index < -0.39 is 6.10 Å². The third-order valence-electron chi connectivity index (χ3n) is 2.34. The van der Waals surface area contributed by atoms with E-state index in [1.807, 2.05) is 26.0 Å². The van der Waals surface area contributed by atoms with E-state index in [0.717, 1.165) is 16.1 Å². The van der Waals surface area contributed by atoms with Crippen LogP contribution < -0.4 is 10.1 Å². The molecule has 0 aliphatic carbocycles. The maximum absolute atomic E-state index is 11.3. The molecule has 4 heteroatoms. The van der Waals surface area contributed by atoms with Crippen molar-refractivity contribution < 1.29 is 9.53 Å². The van der Waals surface area contributed by atoms with Gasteiger partial charge in [0.25, 0.3) is 5.91 Å². The SMILES string of the molecule is CNC(=O)[C@@H](C)Oc1cc(C)c(Cl)c(C)c1. The van der Waals surface area contributed by atoms with E-state index in [2.05, 4.69) is 5.32 Å². The number of ether oxygens (including phenoxy) is 1. The third kappa shape index (κ3) is 2.89. The molecule has 0 bridgehead atoms. The van der Waals surface area contributed by atoms with Crippen molar-refractivity contribution in [2.75, 3.05) is 7.05 Å². The second kappa shape index (κ2) is 5.21. The molecule has 0 saturated carbocycles. The van der Waals surface area contributed by atoms with Crippen LogP contribution >= 0.6 is 11.6 Å². The molecule has 0 fully saturated rings. The molecule has 0 heterocycles. The first-order chi connectivity index (χ1) is 7.45. The van der Waals surface area contributed by atoms with E-state index in [1.54, 1.807) is 14.0 Å². The number of amides is 1. The van der Waals surface area contributed by atoms with E-state index in [9.17, 15) is 4.79 Å². The van der Waals surface area contributed by atoms with Crippen molar-refractivity contribution in [2.24, 2.45) is 0 Å². The van der Waals surface area contributed by atoms with Crippen LogP contribution in [-0.2, 0) is 4.79 Å². The summed E-state index contributed by atoms with van der Waals surface area (Å²) in [6, 6.07) is 3.66. The zero-order valence-electron chi connectivity index (χ0n) is 9.93. The molecule has 88 valence electrons. The molecule has 0 aliphatic rings. The zero-order chi connectivity index (χ0) is 12.3. The third-order valence-corrected chi connectivity index (χ3v) is 2.93. The van der Waals surface area contributed by atoms with E-state index in [1.165, 1.54) is 0 Å². The molecule has 1 rings (SSSR count). The molecule has 0 radical (unpaired) electrons. The summed E-state index contributed by atoms with van der Waals surface area (Å²) in [5.74, 6) is 0.515. The molecular formula is C12H16ClNO2. The molecule has 0 spiro atoms. The molecule has 0 aliphatic heterocycles. The first-order valence-electron chi connectivity index (χ1n) is 5.10. The van der Waals surface area contributed by atoms with Crippen molar-refractivity contribution >= 4 is 17.5 Å². The van der Waals surface area contributed by atoms with Crippen LogP contribution in [0.2, 0.25) is 5.02 Å². The number of hydrogen-bond donors (Lipinski definition) is 1. The molecule has 16 heavy (non-hydrogen) atoms. The molecule has 1 atom stereocenters. The highest BCUT2D eigenvalue weighted by Gasteiger charge is 2.13. The van der Waals surface area contributed by atoms with Crippen molar-refractivity contribution in [3.63, 3.8) is 0 Å². The Hall–Kier alpha value is -1.22. The number of nitrogens with one attached hydrogen (secondary N) is 1. The van der Waals surface area contributed by atoms with Crippen LogP contribution in [0.3, 0.4) is 0 Å². The van der Waals surface area contributed by atoms with Gasteiger partial charge >= 0.3 is 0 Å². The topological polar surface area (TPSA) is 38.3 Å². The van der Waals surface area contributed by atoms with Gasteiger partial charge in [-0.2, -0.15) is 0 Å². The minimum absolute atomic E-state index is 0.148. The highest BCUT2D eigenvalue weighted by molar-refractivity contribution is 6.32. The van der Waals surface area contributed by atoms with Gasteiger partial charge < -0.3 is 10.1 Å². The van der Waals surface area contributed by atoms with Gasteiger partial charge in [0.2, 0.25) is 0 Å². The number of hydrogen-bond acceptors (Lipinski definition) is 2. The minimum Gasteiger partial charge on any atom is -0.481 e. The van der Waals surface area contributed by atoms with Crippen LogP contribution in [0.15, 0.2) is 12.1 Å². The average molecular weight is 242 g/mol. The lowest BCUT2D eigenvalue weighted by atomic mass is 10.1. The van der Waals surface area contributed by atoms with Crippen molar-refractivity contribution in [3.05, 3.63) is 28.3 Å². The molecule has 0 unspecified atom stereocenters. The summed E-state index contributed by atoms with van der Waals surface area (Å²) >= 11 is 6.04. The number of aryl methyl sites for hydroxylation is 2. The Morgan fingerprint density at radius 1 is 1.38 bits per heavy atom. The fraction of sp³-hybridized carbons (Fsp3) is 0.417. The first kappa shape index (κ1) is 12.8. The Balaban J connectivity index is 2.86. The van der Waals surface area contributed by atoms with Gasteiger partial charge in [-0.3, -0.25) is 4.79 Å². The maximum Gasteiger partial charge on any atom is 0.260 e. The molecule has 3 nitrogen and oxygen atoms in total. The van der Waals surface area contributed by atoms with Crippen LogP contribution in [0.5, 0.6) is 5.75 Å². The summed E-state index contributed by atoms with van der Waals surface area (Å²) in [5, 5.41) is 3.27. The summed E-state index contributed by atoms with van der Waals surface area (Å²) in [5.41, 5.74) is 1.89. The van der Waals surface area contributed by atoms with Crippen molar-refractivity contribution in [2.45, 2.75) is 26.9 Å². The molecule has 0 saturated heterocycles. The number of carbonyl (C=O) groups is 1. The Morgan fingerprint density at radius 2 is 1.88 bits per heavy atom. The lowest BCUT2D eigenvalue weighted by Gasteiger charge is -2.14. The first-order valence-corrected chi connectivity index (χ1v) is 5.48. The lowest BCUT2D eigenvalue weighted by molar-refractivity contribution is -0.126. The molecule has 1 N–H and O–H groups in total. The van der Waals surface area contributed by atoms with Crippen LogP contribution in [0, 0.1) is 13.8 Å². The van der Waals surface area contributed by atoms with Crippen LogP contribution in [0.25, 0.3) is 0 Å². The quantitative estimate of drug-likeness (QED) is 0.883. The van der Waals surface area contributed by atoms with Gasteiger partial charge in [0, 0.05) is 12.1 Å². The Morgan fingerprint density at radius 3 is 2.31 bits per heavy atom. The second-order valence-corrected chi connectivity index (χ2v) is 4.12. The standard InChI is InChI=1S/C12H16ClNO2/c1-7-5-10(6-8(2)11(7)13)16-9(3)12(15)14-4/h5-6,9H,1-4H3,(H,14,15)/t9-/m1/s1. The van der Waals surface area contributed by atoms with E-state index >= 15 is 0 Å². The number of halogens is 1. The maximum atomic E-state index is 11.3. The summed E-state index contributed by atoms with van der Waals surface area (Å²) in [4.78, 5) is 11.3. The Labute approximate surface area is 101 Å². The van der Waals surface area contributed by atoms with Crippen LogP contribution in [0.1, 0.15) is 18.1 Å². The van der Waals surface area contributed by atoms with Crippen LogP contribution in [-0.4, -0.2) is 19.1 Å². The predicted molar refractivity (Wildman–Crippen MR) is 65.1 cm³/mol. The molecule has 1 aromatic carbocycles. The highest BCUT2D eigenvalue weighted by atomic mass is 35.5. The van der Waals surface area contributed by atoms with Gasteiger partial charge in [-0.05, 0) is 44.0 Å². The second-order valence-electron chi connectivity index (χ2n) is 3.75. The monoisotopic (exact) mass is 241 g/mol. The Kier molecular flexibility index (Phi) is 4.19. The number of benzene rings is 1. The Bertz CT molecular complexity index is 381. The normalized spacial score (nSPS) is 12.1. The number of rotatable bonds is 3. The van der Waals surface area contributed by atoms with E-state index in [-0.39, 0.29) is 5.91 Å². The minimum atomic E-state index is -0.509. The van der Waals surface area contributed by atoms with Gasteiger partial charge in [0.1, 0.15) is 5.75 Å². The van der Waals surface area contributed by atoms with Gasteiger partial charge in [-0.1, -0.05) is 11.6 Å². The molecular weight excluding hydrogens is 226 g/mol. The zero-order valence-corrected chi connectivity index (χ0v) is 10.7. The average Bonchev–Trinajstić information content (AvgIpc) is 2.24. The van der Waals surface area contributed by atoms with Crippen molar-refractivity contribution in [1.82, 2.24) is 5.32 Å². The summed E-state index contributed by atoms with van der Waals surface area (Å²) in [7, 11) is 1.58. The molecule has 1 amide bonds. The fourth-order valence-corrected chi connectivity index (χ4v) is 1.54. The van der Waals surface area contributed by atoms with E-state index in [4.69, 9.17) is 16.3 Å².